The molecule has 0 aliphatic carbocycles. The van der Waals surface area contributed by atoms with Gasteiger partial charge >= 0.3 is 0 Å². The van der Waals surface area contributed by atoms with Crippen molar-refractivity contribution in [2.45, 2.75) is 46.1 Å². The van der Waals surface area contributed by atoms with Gasteiger partial charge in [-0.1, -0.05) is 32.8 Å². The molecule has 1 aromatic rings. The number of benzene rings is 1. The largest absolute Gasteiger partial charge is 0.392 e. The molecule has 0 aliphatic rings. The second-order valence-electron chi connectivity index (χ2n) is 4.81. The number of rotatable bonds is 8. The van der Waals surface area contributed by atoms with Crippen LogP contribution in [-0.4, -0.2) is 18.2 Å². The van der Waals surface area contributed by atoms with Crippen LogP contribution < -0.4 is 4.90 Å². The zero-order valence-electron chi connectivity index (χ0n) is 11.8. The first-order valence-electron chi connectivity index (χ1n) is 7.03. The van der Waals surface area contributed by atoms with Gasteiger partial charge in [-0.25, -0.2) is 0 Å². The lowest BCUT2D eigenvalue weighted by Gasteiger charge is -2.25. The number of hydrogen-bond donors (Lipinski definition) is 1. The molecule has 0 bridgehead atoms. The summed E-state index contributed by atoms with van der Waals surface area (Å²) < 4.78 is 0. The van der Waals surface area contributed by atoms with Gasteiger partial charge in [0.05, 0.1) is 6.61 Å². The Morgan fingerprint density at radius 1 is 1.11 bits per heavy atom. The van der Waals surface area contributed by atoms with Gasteiger partial charge in [-0.15, -0.1) is 0 Å². The van der Waals surface area contributed by atoms with Crippen LogP contribution in [0.4, 0.5) is 5.69 Å². The maximum absolute atomic E-state index is 9.32. The number of anilines is 1. The molecule has 0 aromatic heterocycles. The van der Waals surface area contributed by atoms with Crippen molar-refractivity contribution in [2.24, 2.45) is 0 Å². The van der Waals surface area contributed by atoms with Crippen LogP contribution in [0.5, 0.6) is 0 Å². The summed E-state index contributed by atoms with van der Waals surface area (Å²) in [5.74, 6) is 0. The van der Waals surface area contributed by atoms with Crippen molar-refractivity contribution in [1.29, 1.82) is 0 Å². The molecule has 0 amide bonds. The van der Waals surface area contributed by atoms with Crippen molar-refractivity contribution in [2.75, 3.05) is 18.0 Å². The number of nitrogens with zero attached hydrogens (tertiary/aromatic N) is 1. The van der Waals surface area contributed by atoms with Gasteiger partial charge in [0.2, 0.25) is 0 Å². The molecule has 1 N–H and O–H groups in total. The minimum Gasteiger partial charge on any atom is -0.392 e. The first-order chi connectivity index (χ1) is 8.72. The van der Waals surface area contributed by atoms with Crippen molar-refractivity contribution >= 4 is 5.69 Å². The van der Waals surface area contributed by atoms with Gasteiger partial charge in [0.15, 0.2) is 0 Å². The third-order valence-corrected chi connectivity index (χ3v) is 3.29. The van der Waals surface area contributed by atoms with Crippen molar-refractivity contribution in [1.82, 2.24) is 0 Å². The van der Waals surface area contributed by atoms with Crippen molar-refractivity contribution in [3.8, 4) is 0 Å². The monoisotopic (exact) mass is 248 g/mol. The lowest BCUT2D eigenvalue weighted by molar-refractivity contribution is 0.281. The molecule has 0 aliphatic heterocycles. The van der Waals surface area contributed by atoms with E-state index in [-0.39, 0.29) is 6.61 Å². The molecular formula is C16H26NO. The molecule has 2 heteroatoms. The Labute approximate surface area is 112 Å². The highest BCUT2D eigenvalue weighted by atomic mass is 16.3. The van der Waals surface area contributed by atoms with Crippen molar-refractivity contribution in [3.05, 3.63) is 36.2 Å². The summed E-state index contributed by atoms with van der Waals surface area (Å²) in [6.07, 6.45) is 4.85. The Bertz CT molecular complexity index is 341. The van der Waals surface area contributed by atoms with Gasteiger partial charge in [-0.3, -0.25) is 0 Å². The highest BCUT2D eigenvalue weighted by Crippen LogP contribution is 2.20. The van der Waals surface area contributed by atoms with E-state index in [1.807, 2.05) is 6.07 Å². The fourth-order valence-electron chi connectivity index (χ4n) is 2.02. The normalized spacial score (nSPS) is 10.7. The first-order valence-corrected chi connectivity index (χ1v) is 7.03. The zero-order valence-corrected chi connectivity index (χ0v) is 11.8. The number of hydrogen-bond acceptors (Lipinski definition) is 2. The minimum atomic E-state index is 0.0715. The number of unbranched alkanes of at least 4 members (excludes halogenated alkanes) is 2. The Morgan fingerprint density at radius 3 is 2.22 bits per heavy atom. The van der Waals surface area contributed by atoms with Crippen LogP contribution >= 0.6 is 0 Å². The highest BCUT2D eigenvalue weighted by molar-refractivity contribution is 5.51. The lowest BCUT2D eigenvalue weighted by Crippen LogP contribution is -2.25. The topological polar surface area (TPSA) is 23.5 Å². The van der Waals surface area contributed by atoms with E-state index in [0.29, 0.717) is 0 Å². The summed E-state index contributed by atoms with van der Waals surface area (Å²) in [5.41, 5.74) is 3.08. The van der Waals surface area contributed by atoms with Gasteiger partial charge in [0, 0.05) is 18.8 Å². The molecule has 18 heavy (non-hydrogen) atoms. The van der Waals surface area contributed by atoms with E-state index < -0.39 is 0 Å². The molecule has 101 valence electrons. The summed E-state index contributed by atoms with van der Waals surface area (Å²) in [6, 6.07) is 6.20. The van der Waals surface area contributed by atoms with E-state index in [1.165, 1.54) is 31.4 Å². The van der Waals surface area contributed by atoms with Crippen LogP contribution in [0.25, 0.3) is 0 Å². The third-order valence-electron chi connectivity index (χ3n) is 3.29. The van der Waals surface area contributed by atoms with E-state index >= 15 is 0 Å². The smallest absolute Gasteiger partial charge is 0.0685 e. The molecule has 0 heterocycles. The fourth-order valence-corrected chi connectivity index (χ4v) is 2.02. The van der Waals surface area contributed by atoms with E-state index in [1.54, 1.807) is 0 Å². The summed E-state index contributed by atoms with van der Waals surface area (Å²) in [5, 5.41) is 9.32. The van der Waals surface area contributed by atoms with Crippen LogP contribution in [0.2, 0.25) is 0 Å². The van der Waals surface area contributed by atoms with Gasteiger partial charge < -0.3 is 10.0 Å². The van der Waals surface area contributed by atoms with Gasteiger partial charge in [0.25, 0.3) is 0 Å². The SMILES string of the molecule is [CH2]c1ccc(N(CCCC)CCCC)cc1CO. The molecular weight excluding hydrogens is 222 g/mol. The Balaban J connectivity index is 2.82. The Hall–Kier alpha value is -1.02. The maximum atomic E-state index is 9.32. The summed E-state index contributed by atoms with van der Waals surface area (Å²) in [7, 11) is 0. The fraction of sp³-hybridized carbons (Fsp3) is 0.562. The first kappa shape index (κ1) is 15.0. The molecule has 1 rings (SSSR count). The molecule has 2 nitrogen and oxygen atoms in total. The maximum Gasteiger partial charge on any atom is 0.0685 e. The van der Waals surface area contributed by atoms with Crippen LogP contribution in [0.1, 0.15) is 50.7 Å². The van der Waals surface area contributed by atoms with Gasteiger partial charge in [-0.05, 0) is 43.0 Å². The molecule has 0 saturated heterocycles. The summed E-state index contributed by atoms with van der Waals surface area (Å²) in [6.45, 7) is 10.6. The van der Waals surface area contributed by atoms with E-state index in [4.69, 9.17) is 0 Å². The van der Waals surface area contributed by atoms with E-state index in [9.17, 15) is 5.11 Å². The van der Waals surface area contributed by atoms with Crippen molar-refractivity contribution < 1.29 is 5.11 Å². The minimum absolute atomic E-state index is 0.0715. The number of aliphatic hydroxyl groups is 1. The Morgan fingerprint density at radius 2 is 1.72 bits per heavy atom. The third kappa shape index (κ3) is 4.34. The van der Waals surface area contributed by atoms with Gasteiger partial charge in [-0.2, -0.15) is 0 Å². The summed E-state index contributed by atoms with van der Waals surface area (Å²) >= 11 is 0. The molecule has 0 fully saturated rings. The van der Waals surface area contributed by atoms with Crippen LogP contribution in [0, 0.1) is 6.92 Å². The standard InChI is InChI=1S/C16H26NO/c1-4-6-10-17(11-7-5-2)16-9-8-14(3)15(12-16)13-18/h8-9,12,18H,3-7,10-11,13H2,1-2H3. The average Bonchev–Trinajstić information content (AvgIpc) is 2.40. The predicted octanol–water partition coefficient (Wildman–Crippen LogP) is 3.77. The second-order valence-corrected chi connectivity index (χ2v) is 4.81. The average molecular weight is 248 g/mol. The van der Waals surface area contributed by atoms with Crippen molar-refractivity contribution in [3.63, 3.8) is 0 Å². The highest BCUT2D eigenvalue weighted by Gasteiger charge is 2.07. The lowest BCUT2D eigenvalue weighted by atomic mass is 10.1. The quantitative estimate of drug-likeness (QED) is 0.757. The molecule has 0 saturated carbocycles. The van der Waals surface area contributed by atoms with Crippen LogP contribution in [-0.2, 0) is 6.61 Å². The second kappa shape index (κ2) is 8.15. The molecule has 0 unspecified atom stereocenters. The van der Waals surface area contributed by atoms with Gasteiger partial charge in [0.1, 0.15) is 0 Å². The zero-order chi connectivity index (χ0) is 13.4. The molecule has 1 radical (unpaired) electrons. The Kier molecular flexibility index (Phi) is 6.81. The van der Waals surface area contributed by atoms with Crippen LogP contribution in [0.15, 0.2) is 18.2 Å². The predicted molar refractivity (Wildman–Crippen MR) is 78.9 cm³/mol. The van der Waals surface area contributed by atoms with Crippen LogP contribution in [0.3, 0.4) is 0 Å². The molecule has 0 atom stereocenters. The van der Waals surface area contributed by atoms with E-state index in [2.05, 4.69) is 37.8 Å². The molecule has 0 spiro atoms. The summed E-state index contributed by atoms with van der Waals surface area (Å²) in [4.78, 5) is 2.42. The van der Waals surface area contributed by atoms with E-state index in [0.717, 1.165) is 24.2 Å². The molecule has 1 aromatic carbocycles. The number of aliphatic hydroxyl groups excluding tert-OH is 1.